The van der Waals surface area contributed by atoms with Crippen molar-refractivity contribution < 1.29 is 24.2 Å². The summed E-state index contributed by atoms with van der Waals surface area (Å²) in [5.41, 5.74) is 2.32. The van der Waals surface area contributed by atoms with Gasteiger partial charge in [0.15, 0.2) is 11.5 Å². The van der Waals surface area contributed by atoms with Crippen LogP contribution in [-0.2, 0) is 9.59 Å². The molecule has 36 heavy (non-hydrogen) atoms. The van der Waals surface area contributed by atoms with Crippen LogP contribution in [0.3, 0.4) is 0 Å². The van der Waals surface area contributed by atoms with Gasteiger partial charge in [-0.1, -0.05) is 56.7 Å². The lowest BCUT2D eigenvalue weighted by Crippen LogP contribution is -2.33. The zero-order valence-electron chi connectivity index (χ0n) is 22.0. The Morgan fingerprint density at radius 1 is 1.03 bits per heavy atom. The summed E-state index contributed by atoms with van der Waals surface area (Å²) in [5, 5.41) is 11.3. The van der Waals surface area contributed by atoms with Gasteiger partial charge in [0.2, 0.25) is 0 Å². The number of rotatable bonds is 12. The fraction of sp³-hybridized carbons (Fsp3) is 0.448. The highest BCUT2D eigenvalue weighted by molar-refractivity contribution is 6.46. The Bertz CT molecular complexity index is 1090. The number of carbonyl (C=O) groups excluding carboxylic acids is 2. The van der Waals surface area contributed by atoms with Gasteiger partial charge in [-0.05, 0) is 57.1 Å². The number of Topliss-reactive ketones (excluding diaryl/α,β-unsaturated/α-hetero) is 1. The number of hydrogen-bond donors (Lipinski definition) is 1. The summed E-state index contributed by atoms with van der Waals surface area (Å²) in [6.07, 6.45) is 1.57. The van der Waals surface area contributed by atoms with Crippen LogP contribution in [0.25, 0.3) is 5.76 Å². The molecule has 0 bridgehead atoms. The maximum atomic E-state index is 13.3. The number of ether oxygens (including phenoxy) is 2. The molecule has 2 aromatic carbocycles. The number of aliphatic hydroxyl groups is 1. The summed E-state index contributed by atoms with van der Waals surface area (Å²) >= 11 is 0. The van der Waals surface area contributed by atoms with E-state index in [1.807, 2.05) is 32.0 Å². The van der Waals surface area contributed by atoms with Gasteiger partial charge >= 0.3 is 0 Å². The Kier molecular flexibility index (Phi) is 9.53. The van der Waals surface area contributed by atoms with Crippen molar-refractivity contribution in [3.05, 3.63) is 64.7 Å². The predicted molar refractivity (Wildman–Crippen MR) is 141 cm³/mol. The second-order valence-corrected chi connectivity index (χ2v) is 9.00. The lowest BCUT2D eigenvalue weighted by atomic mass is 9.94. The van der Waals surface area contributed by atoms with Crippen molar-refractivity contribution in [2.45, 2.75) is 46.6 Å². The molecule has 1 atom stereocenters. The van der Waals surface area contributed by atoms with Crippen molar-refractivity contribution in [2.24, 2.45) is 0 Å². The molecule has 7 nitrogen and oxygen atoms in total. The van der Waals surface area contributed by atoms with Crippen LogP contribution >= 0.6 is 0 Å². The van der Waals surface area contributed by atoms with Gasteiger partial charge in [0.25, 0.3) is 11.7 Å². The van der Waals surface area contributed by atoms with E-state index in [0.717, 1.165) is 31.6 Å². The molecule has 0 spiro atoms. The van der Waals surface area contributed by atoms with Gasteiger partial charge < -0.3 is 24.4 Å². The first kappa shape index (κ1) is 27.3. The quantitative estimate of drug-likeness (QED) is 0.256. The summed E-state index contributed by atoms with van der Waals surface area (Å²) in [5.74, 6) is -0.329. The Labute approximate surface area is 214 Å². The summed E-state index contributed by atoms with van der Waals surface area (Å²) < 4.78 is 11.4. The second kappa shape index (κ2) is 12.6. The maximum absolute atomic E-state index is 13.3. The van der Waals surface area contributed by atoms with Gasteiger partial charge in [-0.15, -0.1) is 0 Å². The zero-order valence-corrected chi connectivity index (χ0v) is 22.0. The third-order valence-electron chi connectivity index (χ3n) is 6.60. The number of likely N-dealkylation sites (tertiary alicyclic amines) is 1. The first-order valence-corrected chi connectivity index (χ1v) is 12.7. The Hall–Kier alpha value is -3.32. The number of hydrogen-bond acceptors (Lipinski definition) is 6. The number of aliphatic hydroxyl groups excluding tert-OH is 1. The molecule has 1 aliphatic heterocycles. The average molecular weight is 495 g/mol. The first-order chi connectivity index (χ1) is 17.4. The fourth-order valence-corrected chi connectivity index (χ4v) is 4.51. The van der Waals surface area contributed by atoms with Crippen molar-refractivity contribution >= 4 is 17.4 Å². The molecule has 3 rings (SSSR count). The van der Waals surface area contributed by atoms with E-state index in [-0.39, 0.29) is 11.3 Å². The van der Waals surface area contributed by atoms with E-state index in [4.69, 9.17) is 9.47 Å². The number of ketones is 1. The molecule has 1 N–H and O–H groups in total. The molecule has 1 aliphatic rings. The van der Waals surface area contributed by atoms with Crippen molar-refractivity contribution in [2.75, 3.05) is 39.9 Å². The molecule has 1 saturated heterocycles. The van der Waals surface area contributed by atoms with Gasteiger partial charge in [-0.2, -0.15) is 0 Å². The monoisotopic (exact) mass is 494 g/mol. The van der Waals surface area contributed by atoms with Crippen molar-refractivity contribution in [3.8, 4) is 11.5 Å². The molecule has 0 aliphatic carbocycles. The summed E-state index contributed by atoms with van der Waals surface area (Å²) in [4.78, 5) is 30.4. The number of carbonyl (C=O) groups is 2. The third kappa shape index (κ3) is 5.90. The molecule has 0 unspecified atom stereocenters. The Morgan fingerprint density at radius 2 is 1.72 bits per heavy atom. The summed E-state index contributed by atoms with van der Waals surface area (Å²) in [6.45, 7) is 11.8. The molecule has 194 valence electrons. The van der Waals surface area contributed by atoms with Gasteiger partial charge in [-0.3, -0.25) is 9.59 Å². The Morgan fingerprint density at radius 3 is 2.33 bits per heavy atom. The first-order valence-electron chi connectivity index (χ1n) is 12.7. The van der Waals surface area contributed by atoms with Gasteiger partial charge in [-0.25, -0.2) is 0 Å². The molecule has 7 heteroatoms. The van der Waals surface area contributed by atoms with Crippen LogP contribution in [0.1, 0.15) is 56.3 Å². The highest BCUT2D eigenvalue weighted by Crippen LogP contribution is 2.42. The van der Waals surface area contributed by atoms with Crippen LogP contribution in [0.2, 0.25) is 0 Å². The van der Waals surface area contributed by atoms with Crippen LogP contribution in [0.5, 0.6) is 11.5 Å². The normalized spacial score (nSPS) is 17.2. The molecule has 0 radical (unpaired) electrons. The molecule has 0 aromatic heterocycles. The van der Waals surface area contributed by atoms with Gasteiger partial charge in [0, 0.05) is 12.1 Å². The highest BCUT2D eigenvalue weighted by Gasteiger charge is 2.46. The minimum Gasteiger partial charge on any atom is -0.507 e. The second-order valence-electron chi connectivity index (χ2n) is 9.00. The molecular formula is C29H38N2O5. The predicted octanol–water partition coefficient (Wildman–Crippen LogP) is 4.95. The lowest BCUT2D eigenvalue weighted by Gasteiger charge is -2.27. The molecule has 0 saturated carbocycles. The van der Waals surface area contributed by atoms with Crippen LogP contribution in [0.4, 0.5) is 0 Å². The maximum Gasteiger partial charge on any atom is 0.295 e. The molecule has 1 heterocycles. The van der Waals surface area contributed by atoms with E-state index in [1.165, 1.54) is 0 Å². The number of amides is 1. The molecular weight excluding hydrogens is 456 g/mol. The van der Waals surface area contributed by atoms with E-state index in [0.29, 0.717) is 42.2 Å². The standard InChI is InChI=1S/C29H38N2O5/c1-6-18-36-23-15-14-22(19-24(23)35-5)26-25(27(32)21-12-10-20(4)11-13-21)28(33)29(34)31(26)17-9-16-30(7-2)8-3/h10-15,19,26,32H,6-9,16-18H2,1-5H3/b27-25+/t26-/m0/s1. The molecule has 1 amide bonds. The summed E-state index contributed by atoms with van der Waals surface area (Å²) in [6, 6.07) is 12.0. The number of aryl methyl sites for hydroxylation is 1. The van der Waals surface area contributed by atoms with Crippen LogP contribution in [0, 0.1) is 6.92 Å². The number of nitrogens with zero attached hydrogens (tertiary/aromatic N) is 2. The fourth-order valence-electron chi connectivity index (χ4n) is 4.51. The molecule has 2 aromatic rings. The van der Waals surface area contributed by atoms with E-state index >= 15 is 0 Å². The number of methoxy groups -OCH3 is 1. The lowest BCUT2D eigenvalue weighted by molar-refractivity contribution is -0.140. The average Bonchev–Trinajstić information content (AvgIpc) is 3.14. The highest BCUT2D eigenvalue weighted by atomic mass is 16.5. The van der Waals surface area contributed by atoms with Crippen LogP contribution in [0.15, 0.2) is 48.0 Å². The smallest absolute Gasteiger partial charge is 0.295 e. The number of benzene rings is 2. The van der Waals surface area contributed by atoms with E-state index in [9.17, 15) is 14.7 Å². The topological polar surface area (TPSA) is 79.3 Å². The SMILES string of the molecule is CCCOc1ccc([C@H]2/C(=C(\O)c3ccc(C)cc3)C(=O)C(=O)N2CCCN(CC)CC)cc1OC. The van der Waals surface area contributed by atoms with Crippen molar-refractivity contribution in [3.63, 3.8) is 0 Å². The van der Waals surface area contributed by atoms with Crippen molar-refractivity contribution in [1.29, 1.82) is 0 Å². The van der Waals surface area contributed by atoms with E-state index in [1.54, 1.807) is 36.3 Å². The minimum atomic E-state index is -0.725. The van der Waals surface area contributed by atoms with Gasteiger partial charge in [0.05, 0.1) is 25.3 Å². The van der Waals surface area contributed by atoms with Crippen LogP contribution < -0.4 is 9.47 Å². The van der Waals surface area contributed by atoms with E-state index < -0.39 is 17.7 Å². The zero-order chi connectivity index (χ0) is 26.2. The van der Waals surface area contributed by atoms with Crippen LogP contribution in [-0.4, -0.2) is 66.5 Å². The largest absolute Gasteiger partial charge is 0.507 e. The van der Waals surface area contributed by atoms with Gasteiger partial charge in [0.1, 0.15) is 5.76 Å². The Balaban J connectivity index is 2.07. The minimum absolute atomic E-state index is 0.0935. The van der Waals surface area contributed by atoms with Crippen molar-refractivity contribution in [1.82, 2.24) is 9.80 Å². The summed E-state index contributed by atoms with van der Waals surface area (Å²) in [7, 11) is 1.56. The molecule has 1 fully saturated rings. The van der Waals surface area contributed by atoms with E-state index in [2.05, 4.69) is 18.7 Å². The third-order valence-corrected chi connectivity index (χ3v) is 6.60.